The number of benzene rings is 1. The van der Waals surface area contributed by atoms with E-state index in [2.05, 4.69) is 33.5 Å². The summed E-state index contributed by atoms with van der Waals surface area (Å²) in [5.74, 6) is 0.819. The van der Waals surface area contributed by atoms with Gasteiger partial charge in [0.25, 0.3) is 0 Å². The third kappa shape index (κ3) is 5.02. The summed E-state index contributed by atoms with van der Waals surface area (Å²) in [6.45, 7) is 3.39. The Labute approximate surface area is 128 Å². The van der Waals surface area contributed by atoms with Gasteiger partial charge in [0.2, 0.25) is 0 Å². The van der Waals surface area contributed by atoms with E-state index in [1.165, 1.54) is 4.90 Å². The molecule has 0 heterocycles. The number of ether oxygens (including phenoxy) is 1. The number of hydrogen-bond donors (Lipinski definition) is 2. The normalized spacial score (nSPS) is 11.8. The third-order valence-corrected chi connectivity index (χ3v) is 3.55. The van der Waals surface area contributed by atoms with Gasteiger partial charge in [-0.05, 0) is 40.5 Å². The van der Waals surface area contributed by atoms with Crippen LogP contribution in [0.2, 0.25) is 0 Å². The number of methoxy groups -OCH3 is 1. The fraction of sp³-hybridized carbons (Fsp3) is 0.500. The smallest absolute Gasteiger partial charge is 0.316 e. The highest BCUT2D eigenvalue weighted by Crippen LogP contribution is 2.27. The minimum atomic E-state index is -0.0772. The predicted molar refractivity (Wildman–Crippen MR) is 84.2 cm³/mol. The van der Waals surface area contributed by atoms with Gasteiger partial charge in [0.05, 0.1) is 11.6 Å². The van der Waals surface area contributed by atoms with Gasteiger partial charge in [-0.2, -0.15) is 0 Å². The first-order valence-electron chi connectivity index (χ1n) is 6.47. The van der Waals surface area contributed by atoms with E-state index in [1.54, 1.807) is 21.2 Å². The van der Waals surface area contributed by atoms with Gasteiger partial charge in [0.1, 0.15) is 5.75 Å². The van der Waals surface area contributed by atoms with E-state index in [9.17, 15) is 4.79 Å². The van der Waals surface area contributed by atoms with E-state index >= 15 is 0 Å². The number of hydrogen-bond acceptors (Lipinski definition) is 3. The topological polar surface area (TPSA) is 53.6 Å². The Morgan fingerprint density at radius 2 is 2.10 bits per heavy atom. The maximum absolute atomic E-state index is 11.3. The Kier molecular flexibility index (Phi) is 6.81. The molecule has 5 nitrogen and oxygen atoms in total. The molecule has 2 amide bonds. The van der Waals surface area contributed by atoms with E-state index in [0.29, 0.717) is 13.1 Å². The van der Waals surface area contributed by atoms with Gasteiger partial charge >= 0.3 is 6.03 Å². The summed E-state index contributed by atoms with van der Waals surface area (Å²) in [6.07, 6.45) is 0. The molecule has 0 fully saturated rings. The van der Waals surface area contributed by atoms with Crippen LogP contribution in [-0.2, 0) is 0 Å². The molecule has 0 saturated heterocycles. The van der Waals surface area contributed by atoms with Crippen LogP contribution in [0.4, 0.5) is 4.79 Å². The van der Waals surface area contributed by atoms with Crippen molar-refractivity contribution in [2.75, 3.05) is 34.3 Å². The maximum atomic E-state index is 11.3. The number of nitrogens with zero attached hydrogens (tertiary/aromatic N) is 1. The molecule has 1 aromatic rings. The van der Waals surface area contributed by atoms with Crippen molar-refractivity contribution in [2.24, 2.45) is 0 Å². The molecule has 0 aliphatic carbocycles. The molecule has 0 spiro atoms. The minimum absolute atomic E-state index is 0.0772. The highest BCUT2D eigenvalue weighted by molar-refractivity contribution is 9.10. The number of nitrogens with one attached hydrogen (secondary N) is 2. The summed E-state index contributed by atoms with van der Waals surface area (Å²) in [5.41, 5.74) is 1.16. The maximum Gasteiger partial charge on any atom is 0.316 e. The molecule has 0 aliphatic rings. The zero-order valence-electron chi connectivity index (χ0n) is 12.4. The summed E-state index contributed by atoms with van der Waals surface area (Å²) in [6, 6.07) is 6.13. The molecule has 0 bridgehead atoms. The Hall–Kier alpha value is -1.27. The van der Waals surface area contributed by atoms with Gasteiger partial charge in [-0.25, -0.2) is 4.79 Å². The SMILES string of the molecule is COc1ccc(C(C)NCCNC(=O)N(C)C)cc1Br. The Morgan fingerprint density at radius 1 is 1.40 bits per heavy atom. The van der Waals surface area contributed by atoms with E-state index in [1.807, 2.05) is 18.2 Å². The van der Waals surface area contributed by atoms with Crippen molar-refractivity contribution in [1.82, 2.24) is 15.5 Å². The lowest BCUT2D eigenvalue weighted by Crippen LogP contribution is -2.38. The van der Waals surface area contributed by atoms with Gasteiger partial charge in [-0.1, -0.05) is 6.07 Å². The molecule has 1 unspecified atom stereocenters. The zero-order chi connectivity index (χ0) is 15.1. The molecule has 0 aromatic heterocycles. The van der Waals surface area contributed by atoms with Crippen LogP contribution < -0.4 is 15.4 Å². The van der Waals surface area contributed by atoms with Crippen molar-refractivity contribution in [2.45, 2.75) is 13.0 Å². The van der Waals surface area contributed by atoms with E-state index in [-0.39, 0.29) is 12.1 Å². The summed E-state index contributed by atoms with van der Waals surface area (Å²) in [7, 11) is 5.09. The highest BCUT2D eigenvalue weighted by Gasteiger charge is 2.08. The lowest BCUT2D eigenvalue weighted by Gasteiger charge is -2.17. The lowest BCUT2D eigenvalue weighted by molar-refractivity contribution is 0.217. The molecular formula is C14H22BrN3O2. The number of rotatable bonds is 6. The second kappa shape index (κ2) is 8.11. The van der Waals surface area contributed by atoms with E-state index in [0.717, 1.165) is 15.8 Å². The molecule has 1 aromatic carbocycles. The summed E-state index contributed by atoms with van der Waals surface area (Å²) in [5, 5.41) is 6.18. The number of halogens is 1. The molecule has 112 valence electrons. The van der Waals surface area contributed by atoms with Gasteiger partial charge in [0, 0.05) is 33.2 Å². The van der Waals surface area contributed by atoms with Gasteiger partial charge in [-0.3, -0.25) is 0 Å². The van der Waals surface area contributed by atoms with Gasteiger partial charge in [-0.15, -0.1) is 0 Å². The predicted octanol–water partition coefficient (Wildman–Crippen LogP) is 2.38. The van der Waals surface area contributed by atoms with Crippen LogP contribution in [0.5, 0.6) is 5.75 Å². The van der Waals surface area contributed by atoms with Crippen LogP contribution in [0.15, 0.2) is 22.7 Å². The van der Waals surface area contributed by atoms with Crippen molar-refractivity contribution in [3.05, 3.63) is 28.2 Å². The Balaban J connectivity index is 2.41. The molecule has 0 radical (unpaired) electrons. The first kappa shape index (κ1) is 16.8. The number of amides is 2. The molecule has 1 rings (SSSR count). The second-order valence-electron chi connectivity index (χ2n) is 4.70. The third-order valence-electron chi connectivity index (χ3n) is 2.93. The quantitative estimate of drug-likeness (QED) is 0.779. The highest BCUT2D eigenvalue weighted by atomic mass is 79.9. The molecule has 0 saturated carbocycles. The Bertz CT molecular complexity index is 452. The van der Waals surface area contributed by atoms with Crippen LogP contribution in [-0.4, -0.2) is 45.2 Å². The average Bonchev–Trinajstić information content (AvgIpc) is 2.42. The Morgan fingerprint density at radius 3 is 2.65 bits per heavy atom. The molecule has 2 N–H and O–H groups in total. The summed E-state index contributed by atoms with van der Waals surface area (Å²) in [4.78, 5) is 12.9. The van der Waals surface area contributed by atoms with Crippen LogP contribution in [0.25, 0.3) is 0 Å². The first-order chi connectivity index (χ1) is 9.45. The van der Waals surface area contributed by atoms with Gasteiger partial charge in [0.15, 0.2) is 0 Å². The van der Waals surface area contributed by atoms with Gasteiger partial charge < -0.3 is 20.3 Å². The molecule has 6 heteroatoms. The monoisotopic (exact) mass is 343 g/mol. The molecule has 0 aliphatic heterocycles. The van der Waals surface area contributed by atoms with Crippen molar-refractivity contribution in [3.8, 4) is 5.75 Å². The minimum Gasteiger partial charge on any atom is -0.496 e. The molecule has 1 atom stereocenters. The second-order valence-corrected chi connectivity index (χ2v) is 5.55. The number of carbonyl (C=O) groups excluding carboxylic acids is 1. The van der Waals surface area contributed by atoms with Crippen molar-refractivity contribution in [3.63, 3.8) is 0 Å². The summed E-state index contributed by atoms with van der Waals surface area (Å²) < 4.78 is 6.14. The molecule has 20 heavy (non-hydrogen) atoms. The number of carbonyl (C=O) groups is 1. The van der Waals surface area contributed by atoms with Crippen molar-refractivity contribution in [1.29, 1.82) is 0 Å². The van der Waals surface area contributed by atoms with Crippen molar-refractivity contribution >= 4 is 22.0 Å². The fourth-order valence-corrected chi connectivity index (χ4v) is 2.24. The lowest BCUT2D eigenvalue weighted by atomic mass is 10.1. The van der Waals surface area contributed by atoms with E-state index < -0.39 is 0 Å². The van der Waals surface area contributed by atoms with Crippen LogP contribution in [0.3, 0.4) is 0 Å². The van der Waals surface area contributed by atoms with Crippen LogP contribution in [0.1, 0.15) is 18.5 Å². The van der Waals surface area contributed by atoms with Crippen LogP contribution >= 0.6 is 15.9 Å². The standard InChI is InChI=1S/C14H22BrN3O2/c1-10(16-7-8-17-14(19)18(2)3)11-5-6-13(20-4)12(15)9-11/h5-6,9-10,16H,7-8H2,1-4H3,(H,17,19). The summed E-state index contributed by atoms with van der Waals surface area (Å²) >= 11 is 3.48. The largest absolute Gasteiger partial charge is 0.496 e. The zero-order valence-corrected chi connectivity index (χ0v) is 14.0. The van der Waals surface area contributed by atoms with E-state index in [4.69, 9.17) is 4.74 Å². The molecular weight excluding hydrogens is 322 g/mol. The average molecular weight is 344 g/mol. The van der Waals surface area contributed by atoms with Crippen molar-refractivity contribution < 1.29 is 9.53 Å². The number of urea groups is 1. The van der Waals surface area contributed by atoms with Crippen LogP contribution in [0, 0.1) is 0 Å². The first-order valence-corrected chi connectivity index (χ1v) is 7.27. The fourth-order valence-electron chi connectivity index (χ4n) is 1.69.